The summed E-state index contributed by atoms with van der Waals surface area (Å²) in [4.78, 5) is 12.8. The second kappa shape index (κ2) is 6.31. The lowest BCUT2D eigenvalue weighted by atomic mass is 9.92. The Hall–Kier alpha value is -1.70. The summed E-state index contributed by atoms with van der Waals surface area (Å²) < 4.78 is 26.7. The predicted molar refractivity (Wildman–Crippen MR) is 90.8 cm³/mol. The van der Waals surface area contributed by atoms with Crippen molar-refractivity contribution in [1.29, 1.82) is 0 Å². The van der Waals surface area contributed by atoms with Crippen LogP contribution in [-0.2, 0) is 10.0 Å². The zero-order valence-electron chi connectivity index (χ0n) is 13.4. The first-order valence-corrected chi connectivity index (χ1v) is 9.61. The van der Waals surface area contributed by atoms with Crippen LogP contribution in [0.1, 0.15) is 48.8 Å². The summed E-state index contributed by atoms with van der Waals surface area (Å²) in [6, 6.07) is 5.32. The molecule has 0 saturated heterocycles. The van der Waals surface area contributed by atoms with Crippen molar-refractivity contribution in [2.24, 2.45) is 0 Å². The number of nitrogens with zero attached hydrogens (tertiary/aromatic N) is 2. The summed E-state index contributed by atoms with van der Waals surface area (Å²) in [6.07, 6.45) is 2.79. The molecule has 1 N–H and O–H groups in total. The van der Waals surface area contributed by atoms with Crippen molar-refractivity contribution < 1.29 is 13.2 Å². The summed E-state index contributed by atoms with van der Waals surface area (Å²) in [6.45, 7) is 3.87. The summed E-state index contributed by atoms with van der Waals surface area (Å²) in [5, 5.41) is 7.71. The minimum absolute atomic E-state index is 0.0465. The number of hydrogen-bond donors (Lipinski definition) is 1. The van der Waals surface area contributed by atoms with Gasteiger partial charge in [0.25, 0.3) is 10.0 Å². The summed E-state index contributed by atoms with van der Waals surface area (Å²) >= 11 is 5.82. The van der Waals surface area contributed by atoms with E-state index in [1.807, 2.05) is 13.8 Å². The highest BCUT2D eigenvalue weighted by Crippen LogP contribution is 2.30. The minimum Gasteiger partial charge on any atom is -0.300 e. The lowest BCUT2D eigenvalue weighted by molar-refractivity contribution is 0.0908. The van der Waals surface area contributed by atoms with Crippen molar-refractivity contribution in [3.63, 3.8) is 0 Å². The first kappa shape index (κ1) is 17.1. The SMILES string of the molecule is CCC1NC(CC)c2cnn(S(=O)(=O)c3ccc(Cl)cc3)c2C1=O. The fourth-order valence-corrected chi connectivity index (χ4v) is 4.35. The molecule has 1 aliphatic heterocycles. The molecule has 0 aliphatic carbocycles. The Bertz CT molecular complexity index is 874. The van der Waals surface area contributed by atoms with E-state index in [2.05, 4.69) is 10.4 Å². The second-order valence-electron chi connectivity index (χ2n) is 5.70. The number of nitrogens with one attached hydrogen (secondary N) is 1. The molecule has 2 heterocycles. The zero-order chi connectivity index (χ0) is 17.5. The van der Waals surface area contributed by atoms with E-state index in [0.717, 1.165) is 10.5 Å². The molecule has 2 aromatic rings. The summed E-state index contributed by atoms with van der Waals surface area (Å²) in [5.41, 5.74) is 0.784. The average Bonchev–Trinajstić information content (AvgIpc) is 3.02. The Morgan fingerprint density at radius 3 is 2.38 bits per heavy atom. The van der Waals surface area contributed by atoms with Crippen LogP contribution in [0, 0.1) is 0 Å². The Morgan fingerprint density at radius 1 is 1.17 bits per heavy atom. The van der Waals surface area contributed by atoms with Gasteiger partial charge in [0.2, 0.25) is 0 Å². The molecule has 0 bridgehead atoms. The number of fused-ring (bicyclic) bond motifs is 1. The van der Waals surface area contributed by atoms with E-state index < -0.39 is 16.1 Å². The molecule has 0 saturated carbocycles. The van der Waals surface area contributed by atoms with Gasteiger partial charge in [-0.15, -0.1) is 4.09 Å². The number of carbonyl (C=O) groups excluding carboxylic acids is 1. The van der Waals surface area contributed by atoms with Crippen LogP contribution >= 0.6 is 11.6 Å². The van der Waals surface area contributed by atoms with E-state index in [1.54, 1.807) is 0 Å². The van der Waals surface area contributed by atoms with Crippen LogP contribution in [0.15, 0.2) is 35.4 Å². The molecular weight excluding hydrogens is 350 g/mol. The molecule has 2 unspecified atom stereocenters. The van der Waals surface area contributed by atoms with Crippen LogP contribution in [0.25, 0.3) is 0 Å². The van der Waals surface area contributed by atoms with Gasteiger partial charge >= 0.3 is 0 Å². The van der Waals surface area contributed by atoms with Gasteiger partial charge in [-0.25, -0.2) is 0 Å². The van der Waals surface area contributed by atoms with Gasteiger partial charge in [-0.05, 0) is 37.1 Å². The molecule has 1 aromatic heterocycles. The molecule has 1 aliphatic rings. The highest BCUT2D eigenvalue weighted by Gasteiger charge is 2.37. The van der Waals surface area contributed by atoms with Crippen LogP contribution < -0.4 is 5.32 Å². The van der Waals surface area contributed by atoms with Crippen LogP contribution in [0.5, 0.6) is 0 Å². The number of hydrogen-bond acceptors (Lipinski definition) is 5. The minimum atomic E-state index is -3.95. The van der Waals surface area contributed by atoms with Gasteiger partial charge in [-0.2, -0.15) is 13.5 Å². The largest absolute Gasteiger partial charge is 0.300 e. The van der Waals surface area contributed by atoms with Gasteiger partial charge < -0.3 is 5.32 Å². The third kappa shape index (κ3) is 2.66. The van der Waals surface area contributed by atoms with Crippen molar-refractivity contribution in [3.05, 3.63) is 46.7 Å². The molecule has 8 heteroatoms. The van der Waals surface area contributed by atoms with Crippen molar-refractivity contribution in [3.8, 4) is 0 Å². The first-order chi connectivity index (χ1) is 11.4. The summed E-state index contributed by atoms with van der Waals surface area (Å²) in [7, 11) is -3.95. The lowest BCUT2D eigenvalue weighted by Gasteiger charge is -2.29. The standard InChI is InChI=1S/C16H18ClN3O3S/c1-3-13-12-9-18-20(15(12)16(21)14(4-2)19-13)24(22,23)11-7-5-10(17)6-8-11/h5-9,13-14,19H,3-4H2,1-2H3. The number of benzene rings is 1. The molecule has 3 rings (SSSR count). The zero-order valence-corrected chi connectivity index (χ0v) is 14.9. The van der Waals surface area contributed by atoms with Gasteiger partial charge in [0, 0.05) is 16.6 Å². The Kier molecular flexibility index (Phi) is 4.50. The van der Waals surface area contributed by atoms with Crippen LogP contribution in [0.3, 0.4) is 0 Å². The molecule has 0 spiro atoms. The molecule has 0 radical (unpaired) electrons. The number of Topliss-reactive ketones (excluding diaryl/α,β-unsaturated/α-hetero) is 1. The Balaban J connectivity index is 2.16. The second-order valence-corrected chi connectivity index (χ2v) is 7.91. The number of carbonyl (C=O) groups is 1. The molecule has 24 heavy (non-hydrogen) atoms. The predicted octanol–water partition coefficient (Wildman–Crippen LogP) is 2.79. The maximum Gasteiger partial charge on any atom is 0.283 e. The fourth-order valence-electron chi connectivity index (χ4n) is 2.94. The van der Waals surface area contributed by atoms with E-state index in [9.17, 15) is 13.2 Å². The molecule has 0 fully saturated rings. The number of ketones is 1. The third-order valence-electron chi connectivity index (χ3n) is 4.25. The van der Waals surface area contributed by atoms with Gasteiger partial charge in [-0.1, -0.05) is 25.4 Å². The highest BCUT2D eigenvalue weighted by atomic mass is 35.5. The molecule has 2 atom stereocenters. The monoisotopic (exact) mass is 367 g/mol. The first-order valence-electron chi connectivity index (χ1n) is 7.79. The molecule has 128 valence electrons. The van der Waals surface area contributed by atoms with Crippen molar-refractivity contribution in [2.45, 2.75) is 43.7 Å². The Labute approximate surface area is 145 Å². The van der Waals surface area contributed by atoms with Gasteiger partial charge in [0.1, 0.15) is 5.69 Å². The van der Waals surface area contributed by atoms with E-state index in [-0.39, 0.29) is 22.4 Å². The third-order valence-corrected chi connectivity index (χ3v) is 6.10. The summed E-state index contributed by atoms with van der Waals surface area (Å²) in [5.74, 6) is -0.243. The normalized spacial score (nSPS) is 20.9. The quantitative estimate of drug-likeness (QED) is 0.898. The fraction of sp³-hybridized carbons (Fsp3) is 0.375. The van der Waals surface area contributed by atoms with Gasteiger partial charge in [0.15, 0.2) is 5.78 Å². The van der Waals surface area contributed by atoms with Crippen molar-refractivity contribution >= 4 is 27.4 Å². The number of halogens is 1. The highest BCUT2D eigenvalue weighted by molar-refractivity contribution is 7.90. The molecule has 0 amide bonds. The average molecular weight is 368 g/mol. The van der Waals surface area contributed by atoms with Crippen LogP contribution in [-0.4, -0.2) is 29.4 Å². The van der Waals surface area contributed by atoms with Gasteiger partial charge in [-0.3, -0.25) is 4.79 Å². The van der Waals surface area contributed by atoms with Gasteiger partial charge in [0.05, 0.1) is 17.1 Å². The smallest absolute Gasteiger partial charge is 0.283 e. The lowest BCUT2D eigenvalue weighted by Crippen LogP contribution is -2.44. The van der Waals surface area contributed by atoms with E-state index in [4.69, 9.17) is 11.6 Å². The van der Waals surface area contributed by atoms with E-state index in [0.29, 0.717) is 17.0 Å². The number of aromatic nitrogens is 2. The maximum atomic E-state index is 12.9. The van der Waals surface area contributed by atoms with Crippen molar-refractivity contribution in [1.82, 2.24) is 14.5 Å². The van der Waals surface area contributed by atoms with Crippen molar-refractivity contribution in [2.75, 3.05) is 0 Å². The number of rotatable bonds is 4. The molecule has 6 nitrogen and oxygen atoms in total. The molecular formula is C16H18ClN3O3S. The molecule has 1 aromatic carbocycles. The van der Waals surface area contributed by atoms with Crippen LogP contribution in [0.2, 0.25) is 5.02 Å². The van der Waals surface area contributed by atoms with E-state index in [1.165, 1.54) is 30.5 Å². The van der Waals surface area contributed by atoms with Crippen LogP contribution in [0.4, 0.5) is 0 Å². The maximum absolute atomic E-state index is 12.9. The Morgan fingerprint density at radius 2 is 1.79 bits per heavy atom. The van der Waals surface area contributed by atoms with E-state index >= 15 is 0 Å². The topological polar surface area (TPSA) is 81.1 Å².